The topological polar surface area (TPSA) is 50.1 Å². The van der Waals surface area contributed by atoms with Gasteiger partial charge >= 0.3 is 6.18 Å². The monoisotopic (exact) mass is 431 g/mol. The van der Waals surface area contributed by atoms with E-state index in [2.05, 4.69) is 10.4 Å². The van der Waals surface area contributed by atoms with E-state index < -0.39 is 18.0 Å². The minimum absolute atomic E-state index is 0.280. The van der Waals surface area contributed by atoms with Crippen molar-refractivity contribution in [1.29, 1.82) is 0 Å². The highest BCUT2D eigenvalue weighted by Gasteiger charge is 2.30. The number of anilines is 1. The fourth-order valence-corrected chi connectivity index (χ4v) is 3.47. The molecule has 30 heavy (non-hydrogen) atoms. The minimum Gasteiger partial charge on any atom is -0.369 e. The first-order chi connectivity index (χ1) is 14.3. The molecule has 0 radical (unpaired) electrons. The molecule has 1 heterocycles. The third kappa shape index (κ3) is 4.13. The van der Waals surface area contributed by atoms with E-state index in [9.17, 15) is 18.3 Å². The van der Waals surface area contributed by atoms with Gasteiger partial charge in [0.25, 0.3) is 0 Å². The van der Waals surface area contributed by atoms with Gasteiger partial charge < -0.3 is 10.4 Å². The molecule has 8 heteroatoms. The summed E-state index contributed by atoms with van der Waals surface area (Å²) in [6.07, 6.45) is -5.44. The Labute approximate surface area is 175 Å². The number of alkyl halides is 3. The normalized spacial score (nSPS) is 12.8. The fourth-order valence-electron chi connectivity index (χ4n) is 3.23. The van der Waals surface area contributed by atoms with E-state index in [1.807, 2.05) is 24.3 Å². The van der Waals surface area contributed by atoms with Gasteiger partial charge in [-0.25, -0.2) is 0 Å². The number of aliphatic hydroxyl groups is 1. The van der Waals surface area contributed by atoms with Crippen molar-refractivity contribution < 1.29 is 18.3 Å². The molecule has 4 aromatic rings. The summed E-state index contributed by atoms with van der Waals surface area (Å²) in [5.41, 5.74) is 1.28. The lowest BCUT2D eigenvalue weighted by molar-refractivity contribution is -0.137. The van der Waals surface area contributed by atoms with Crippen LogP contribution < -0.4 is 5.32 Å². The van der Waals surface area contributed by atoms with Gasteiger partial charge in [-0.05, 0) is 35.9 Å². The van der Waals surface area contributed by atoms with Crippen molar-refractivity contribution in [3.05, 3.63) is 94.5 Å². The van der Waals surface area contributed by atoms with Crippen LogP contribution in [-0.2, 0) is 12.7 Å². The molecule has 0 fully saturated rings. The van der Waals surface area contributed by atoms with Crippen molar-refractivity contribution in [3.63, 3.8) is 0 Å². The van der Waals surface area contributed by atoms with Gasteiger partial charge in [-0.15, -0.1) is 0 Å². The summed E-state index contributed by atoms with van der Waals surface area (Å²) in [7, 11) is 0. The Bertz CT molecular complexity index is 1170. The second-order valence-corrected chi connectivity index (χ2v) is 7.19. The van der Waals surface area contributed by atoms with Crippen LogP contribution in [0.3, 0.4) is 0 Å². The second kappa shape index (κ2) is 8.01. The van der Waals surface area contributed by atoms with Crippen LogP contribution in [0.15, 0.2) is 72.8 Å². The summed E-state index contributed by atoms with van der Waals surface area (Å²) in [4.78, 5) is 0. The molecule has 3 aromatic carbocycles. The molecule has 4 nitrogen and oxygen atoms in total. The first-order valence-electron chi connectivity index (χ1n) is 9.13. The summed E-state index contributed by atoms with van der Waals surface area (Å²) in [6.45, 7) is 0.280. The zero-order valence-corrected chi connectivity index (χ0v) is 16.3. The SMILES string of the molecule is OC(Nc1nn(Cc2ccc(C(F)(F)F)cc2)c2ccccc12)c1ccccc1Cl. The van der Waals surface area contributed by atoms with E-state index in [1.54, 1.807) is 28.9 Å². The van der Waals surface area contributed by atoms with Crippen LogP contribution in [0.5, 0.6) is 0 Å². The Hall–Kier alpha value is -3.03. The first-order valence-corrected chi connectivity index (χ1v) is 9.51. The highest BCUT2D eigenvalue weighted by Crippen LogP contribution is 2.31. The Balaban J connectivity index is 1.63. The van der Waals surface area contributed by atoms with Crippen LogP contribution in [0.4, 0.5) is 19.0 Å². The standard InChI is InChI=1S/C22H17ClF3N3O/c23-18-7-3-1-5-16(18)21(30)27-20-17-6-2-4-8-19(17)29(28-20)13-14-9-11-15(12-10-14)22(24,25)26/h1-12,21,30H,13H2,(H,27,28). The molecule has 2 N–H and O–H groups in total. The first kappa shape index (κ1) is 20.3. The molecule has 0 aliphatic heterocycles. The van der Waals surface area contributed by atoms with Crippen LogP contribution in [0.1, 0.15) is 22.9 Å². The number of halogens is 4. The summed E-state index contributed by atoms with van der Waals surface area (Å²) >= 11 is 6.16. The third-order valence-electron chi connectivity index (χ3n) is 4.74. The molecule has 0 bridgehead atoms. The van der Waals surface area contributed by atoms with Gasteiger partial charge in [0.15, 0.2) is 12.0 Å². The van der Waals surface area contributed by atoms with E-state index >= 15 is 0 Å². The van der Waals surface area contributed by atoms with Gasteiger partial charge in [-0.1, -0.05) is 54.1 Å². The van der Waals surface area contributed by atoms with Gasteiger partial charge in [0, 0.05) is 16.0 Å². The minimum atomic E-state index is -4.37. The number of rotatable bonds is 5. The molecule has 0 amide bonds. The van der Waals surface area contributed by atoms with Gasteiger partial charge in [-0.3, -0.25) is 4.68 Å². The Morgan fingerprint density at radius 2 is 1.63 bits per heavy atom. The maximum Gasteiger partial charge on any atom is 0.416 e. The number of hydrogen-bond acceptors (Lipinski definition) is 3. The van der Waals surface area contributed by atoms with Crippen LogP contribution in [-0.4, -0.2) is 14.9 Å². The number of para-hydroxylation sites is 1. The Morgan fingerprint density at radius 3 is 2.33 bits per heavy atom. The molecule has 0 aliphatic rings. The van der Waals surface area contributed by atoms with E-state index in [1.165, 1.54) is 12.1 Å². The van der Waals surface area contributed by atoms with Crippen LogP contribution in [0, 0.1) is 0 Å². The maximum absolute atomic E-state index is 12.8. The molecule has 1 atom stereocenters. The Kier molecular flexibility index (Phi) is 5.40. The molecule has 0 aliphatic carbocycles. The van der Waals surface area contributed by atoms with E-state index in [0.29, 0.717) is 22.0 Å². The predicted molar refractivity (Wildman–Crippen MR) is 110 cm³/mol. The number of aliphatic hydroxyl groups excluding tert-OH is 1. The highest BCUT2D eigenvalue weighted by molar-refractivity contribution is 6.31. The number of fused-ring (bicyclic) bond motifs is 1. The number of benzene rings is 3. The van der Waals surface area contributed by atoms with Crippen molar-refractivity contribution in [1.82, 2.24) is 9.78 Å². The molecule has 0 saturated heterocycles. The fraction of sp³-hybridized carbons (Fsp3) is 0.136. The van der Waals surface area contributed by atoms with Gasteiger partial charge in [-0.2, -0.15) is 18.3 Å². The van der Waals surface area contributed by atoms with E-state index in [-0.39, 0.29) is 6.54 Å². The number of nitrogens with zero attached hydrogens (tertiary/aromatic N) is 2. The van der Waals surface area contributed by atoms with E-state index in [4.69, 9.17) is 11.6 Å². The van der Waals surface area contributed by atoms with Gasteiger partial charge in [0.1, 0.15) is 0 Å². The summed E-state index contributed by atoms with van der Waals surface area (Å²) < 4.78 is 40.0. The molecule has 0 spiro atoms. The number of nitrogens with one attached hydrogen (secondary N) is 1. The third-order valence-corrected chi connectivity index (χ3v) is 5.09. The van der Waals surface area contributed by atoms with E-state index in [0.717, 1.165) is 23.0 Å². The summed E-state index contributed by atoms with van der Waals surface area (Å²) in [5.74, 6) is 0.449. The zero-order chi connectivity index (χ0) is 21.3. The van der Waals surface area contributed by atoms with Gasteiger partial charge in [0.2, 0.25) is 0 Å². The zero-order valence-electron chi connectivity index (χ0n) is 15.6. The van der Waals surface area contributed by atoms with Gasteiger partial charge in [0.05, 0.1) is 17.6 Å². The van der Waals surface area contributed by atoms with Crippen LogP contribution in [0.25, 0.3) is 10.9 Å². The molecular formula is C22H17ClF3N3O. The lowest BCUT2D eigenvalue weighted by Crippen LogP contribution is -2.11. The average molecular weight is 432 g/mol. The Morgan fingerprint density at radius 1 is 0.967 bits per heavy atom. The van der Waals surface area contributed by atoms with Crippen molar-refractivity contribution in [2.24, 2.45) is 0 Å². The van der Waals surface area contributed by atoms with Crippen molar-refractivity contribution in [2.45, 2.75) is 18.9 Å². The number of hydrogen-bond donors (Lipinski definition) is 2. The highest BCUT2D eigenvalue weighted by atomic mass is 35.5. The van der Waals surface area contributed by atoms with Crippen molar-refractivity contribution in [3.8, 4) is 0 Å². The lowest BCUT2D eigenvalue weighted by atomic mass is 10.1. The van der Waals surface area contributed by atoms with Crippen LogP contribution in [0.2, 0.25) is 5.02 Å². The van der Waals surface area contributed by atoms with Crippen molar-refractivity contribution >= 4 is 28.3 Å². The van der Waals surface area contributed by atoms with Crippen molar-refractivity contribution in [2.75, 3.05) is 5.32 Å². The molecule has 4 rings (SSSR count). The average Bonchev–Trinajstić information content (AvgIpc) is 3.05. The molecule has 154 valence electrons. The smallest absolute Gasteiger partial charge is 0.369 e. The quantitative estimate of drug-likeness (QED) is 0.389. The maximum atomic E-state index is 12.8. The summed E-state index contributed by atoms with van der Waals surface area (Å²) in [6, 6.07) is 19.3. The molecule has 1 aromatic heterocycles. The van der Waals surface area contributed by atoms with Crippen LogP contribution >= 0.6 is 11.6 Å². The second-order valence-electron chi connectivity index (χ2n) is 6.79. The molecular weight excluding hydrogens is 415 g/mol. The predicted octanol–water partition coefficient (Wildman–Crippen LogP) is 5.86. The number of aromatic nitrogens is 2. The molecule has 0 saturated carbocycles. The largest absolute Gasteiger partial charge is 0.416 e. The summed E-state index contributed by atoms with van der Waals surface area (Å²) in [5, 5.41) is 19.3. The molecule has 1 unspecified atom stereocenters. The lowest BCUT2D eigenvalue weighted by Gasteiger charge is -2.14.